The van der Waals surface area contributed by atoms with Crippen molar-refractivity contribution in [1.29, 1.82) is 0 Å². The first kappa shape index (κ1) is 12.0. The predicted molar refractivity (Wildman–Crippen MR) is 83.0 cm³/mol. The molecule has 0 N–H and O–H groups in total. The van der Waals surface area contributed by atoms with Crippen LogP contribution in [0.4, 0.5) is 0 Å². The quantitative estimate of drug-likeness (QED) is 0.615. The Labute approximate surface area is 124 Å². The van der Waals surface area contributed by atoms with Crippen LogP contribution in [-0.4, -0.2) is 9.78 Å². The summed E-state index contributed by atoms with van der Waals surface area (Å²) in [6.45, 7) is 0.740. The summed E-state index contributed by atoms with van der Waals surface area (Å²) >= 11 is 8.31. The molecule has 3 rings (SSSR count). The first-order valence-corrected chi connectivity index (χ1v) is 7.03. The molecule has 0 saturated heterocycles. The SMILES string of the molecule is Clc1cccc(Cn2ncc3ccc(I)cc32)c1. The third-order valence-corrected chi connectivity index (χ3v) is 3.73. The largest absolute Gasteiger partial charge is 0.260 e. The lowest BCUT2D eigenvalue weighted by atomic mass is 10.2. The van der Waals surface area contributed by atoms with Crippen molar-refractivity contribution >= 4 is 45.1 Å². The van der Waals surface area contributed by atoms with Crippen molar-refractivity contribution in [1.82, 2.24) is 9.78 Å². The van der Waals surface area contributed by atoms with Crippen LogP contribution in [0, 0.1) is 3.57 Å². The first-order valence-electron chi connectivity index (χ1n) is 5.58. The molecule has 0 amide bonds. The monoisotopic (exact) mass is 368 g/mol. The highest BCUT2D eigenvalue weighted by Gasteiger charge is 2.04. The number of benzene rings is 2. The predicted octanol–water partition coefficient (Wildman–Crippen LogP) is 4.34. The number of hydrogen-bond acceptors (Lipinski definition) is 1. The molecule has 2 aromatic carbocycles. The zero-order chi connectivity index (χ0) is 12.5. The maximum atomic E-state index is 6.00. The van der Waals surface area contributed by atoms with E-state index in [1.54, 1.807) is 0 Å². The van der Waals surface area contributed by atoms with E-state index < -0.39 is 0 Å². The summed E-state index contributed by atoms with van der Waals surface area (Å²) in [6.07, 6.45) is 1.90. The Balaban J connectivity index is 2.02. The summed E-state index contributed by atoms with van der Waals surface area (Å²) in [7, 11) is 0. The van der Waals surface area contributed by atoms with E-state index in [4.69, 9.17) is 11.6 Å². The maximum absolute atomic E-state index is 6.00. The van der Waals surface area contributed by atoms with E-state index in [1.165, 1.54) is 3.57 Å². The minimum Gasteiger partial charge on any atom is -0.260 e. The van der Waals surface area contributed by atoms with Crippen LogP contribution in [0.2, 0.25) is 5.02 Å². The highest BCUT2D eigenvalue weighted by atomic mass is 127. The summed E-state index contributed by atoms with van der Waals surface area (Å²) < 4.78 is 3.22. The van der Waals surface area contributed by atoms with Gasteiger partial charge in [0.15, 0.2) is 0 Å². The molecule has 0 aliphatic rings. The zero-order valence-electron chi connectivity index (χ0n) is 9.48. The van der Waals surface area contributed by atoms with Crippen molar-refractivity contribution < 1.29 is 0 Å². The van der Waals surface area contributed by atoms with E-state index in [1.807, 2.05) is 29.1 Å². The van der Waals surface area contributed by atoms with Crippen LogP contribution in [0.1, 0.15) is 5.56 Å². The average molecular weight is 369 g/mol. The number of nitrogens with zero attached hydrogens (tertiary/aromatic N) is 2. The maximum Gasteiger partial charge on any atom is 0.0696 e. The van der Waals surface area contributed by atoms with Gasteiger partial charge in [-0.25, -0.2) is 0 Å². The molecule has 0 saturated carbocycles. The van der Waals surface area contributed by atoms with Gasteiger partial charge in [-0.3, -0.25) is 4.68 Å². The second kappa shape index (κ2) is 4.90. The zero-order valence-corrected chi connectivity index (χ0v) is 12.4. The lowest BCUT2D eigenvalue weighted by Gasteiger charge is -2.04. The lowest BCUT2D eigenvalue weighted by Crippen LogP contribution is -2.01. The Hall–Kier alpha value is -1.07. The molecule has 1 heterocycles. The molecule has 2 nitrogen and oxygen atoms in total. The Morgan fingerprint density at radius 2 is 2.06 bits per heavy atom. The van der Waals surface area contributed by atoms with Gasteiger partial charge in [-0.15, -0.1) is 0 Å². The third kappa shape index (κ3) is 2.37. The van der Waals surface area contributed by atoms with Gasteiger partial charge in [0.1, 0.15) is 0 Å². The summed E-state index contributed by atoms with van der Waals surface area (Å²) in [5.74, 6) is 0. The fourth-order valence-corrected chi connectivity index (χ4v) is 2.67. The second-order valence-corrected chi connectivity index (χ2v) is 5.82. The van der Waals surface area contributed by atoms with Crippen molar-refractivity contribution in [2.45, 2.75) is 6.54 Å². The topological polar surface area (TPSA) is 17.8 Å². The minimum absolute atomic E-state index is 0.740. The van der Waals surface area contributed by atoms with Crippen LogP contribution >= 0.6 is 34.2 Å². The Morgan fingerprint density at radius 3 is 2.89 bits per heavy atom. The number of rotatable bonds is 2. The standard InChI is InChI=1S/C14H10ClIN2/c15-12-3-1-2-10(6-12)9-18-14-7-13(16)5-4-11(14)8-17-18/h1-8H,9H2. The van der Waals surface area contributed by atoms with Crippen LogP contribution in [0.3, 0.4) is 0 Å². The van der Waals surface area contributed by atoms with Crippen molar-refractivity contribution in [2.75, 3.05) is 0 Å². The van der Waals surface area contributed by atoms with Crippen LogP contribution in [0.5, 0.6) is 0 Å². The van der Waals surface area contributed by atoms with E-state index in [0.717, 1.165) is 28.0 Å². The van der Waals surface area contributed by atoms with Gasteiger partial charge in [0, 0.05) is 14.0 Å². The van der Waals surface area contributed by atoms with Crippen molar-refractivity contribution in [3.63, 3.8) is 0 Å². The molecule has 0 radical (unpaired) electrons. The third-order valence-electron chi connectivity index (χ3n) is 2.83. The van der Waals surface area contributed by atoms with Crippen LogP contribution in [-0.2, 0) is 6.54 Å². The molecule has 0 unspecified atom stereocenters. The molecule has 0 fully saturated rings. The minimum atomic E-state index is 0.740. The van der Waals surface area contributed by atoms with Gasteiger partial charge in [-0.2, -0.15) is 5.10 Å². The summed E-state index contributed by atoms with van der Waals surface area (Å²) in [6, 6.07) is 14.2. The molecule has 0 spiro atoms. The van der Waals surface area contributed by atoms with Gasteiger partial charge in [-0.1, -0.05) is 29.8 Å². The van der Waals surface area contributed by atoms with Gasteiger partial charge in [0.25, 0.3) is 0 Å². The summed E-state index contributed by atoms with van der Waals surface area (Å²) in [5, 5.41) is 6.36. The molecule has 0 atom stereocenters. The number of aromatic nitrogens is 2. The summed E-state index contributed by atoms with van der Waals surface area (Å²) in [5.41, 5.74) is 2.31. The van der Waals surface area contributed by atoms with Gasteiger partial charge >= 0.3 is 0 Å². The number of halogens is 2. The highest BCUT2D eigenvalue weighted by Crippen LogP contribution is 2.19. The highest BCUT2D eigenvalue weighted by molar-refractivity contribution is 14.1. The molecule has 0 aliphatic carbocycles. The lowest BCUT2D eigenvalue weighted by molar-refractivity contribution is 0.712. The number of hydrogen-bond donors (Lipinski definition) is 0. The van der Waals surface area contributed by atoms with Crippen molar-refractivity contribution in [3.8, 4) is 0 Å². The van der Waals surface area contributed by atoms with Gasteiger partial charge in [0.05, 0.1) is 18.3 Å². The van der Waals surface area contributed by atoms with Crippen LogP contribution < -0.4 is 0 Å². The van der Waals surface area contributed by atoms with Gasteiger partial charge < -0.3 is 0 Å². The summed E-state index contributed by atoms with van der Waals surface area (Å²) in [4.78, 5) is 0. The van der Waals surface area contributed by atoms with Crippen molar-refractivity contribution in [2.24, 2.45) is 0 Å². The molecule has 3 aromatic rings. The normalized spacial score (nSPS) is 11.0. The second-order valence-electron chi connectivity index (χ2n) is 4.14. The van der Waals surface area contributed by atoms with E-state index in [9.17, 15) is 0 Å². The fraction of sp³-hybridized carbons (Fsp3) is 0.0714. The molecule has 0 bridgehead atoms. The Bertz CT molecular complexity index is 706. The van der Waals surface area contributed by atoms with Crippen LogP contribution in [0.15, 0.2) is 48.7 Å². The van der Waals surface area contributed by atoms with Crippen LogP contribution in [0.25, 0.3) is 10.9 Å². The average Bonchev–Trinajstić information content (AvgIpc) is 2.72. The molecule has 4 heteroatoms. The smallest absolute Gasteiger partial charge is 0.0696 e. The molecular formula is C14H10ClIN2. The molecule has 0 aliphatic heterocycles. The van der Waals surface area contributed by atoms with Crippen molar-refractivity contribution in [3.05, 3.63) is 62.8 Å². The van der Waals surface area contributed by atoms with E-state index >= 15 is 0 Å². The number of fused-ring (bicyclic) bond motifs is 1. The van der Waals surface area contributed by atoms with E-state index in [2.05, 4.69) is 52.0 Å². The molecule has 1 aromatic heterocycles. The molecular weight excluding hydrogens is 359 g/mol. The molecule has 18 heavy (non-hydrogen) atoms. The van der Waals surface area contributed by atoms with E-state index in [0.29, 0.717) is 0 Å². The fourth-order valence-electron chi connectivity index (χ4n) is 1.98. The molecule has 90 valence electrons. The Morgan fingerprint density at radius 1 is 1.17 bits per heavy atom. The van der Waals surface area contributed by atoms with E-state index in [-0.39, 0.29) is 0 Å². The van der Waals surface area contributed by atoms with Gasteiger partial charge in [-0.05, 0) is 52.4 Å². The first-order chi connectivity index (χ1) is 8.72. The van der Waals surface area contributed by atoms with Gasteiger partial charge in [0.2, 0.25) is 0 Å². The Kier molecular flexibility index (Phi) is 3.26.